The average molecular weight is 501 g/mol. The Bertz CT molecular complexity index is 1550. The number of ether oxygens (including phenoxy) is 1. The third-order valence-electron chi connectivity index (χ3n) is 4.95. The number of pyridine rings is 2. The summed E-state index contributed by atoms with van der Waals surface area (Å²) in [7, 11) is 3.15. The molecule has 4 heterocycles. The van der Waals surface area contributed by atoms with Gasteiger partial charge < -0.3 is 14.8 Å². The molecule has 0 saturated heterocycles. The van der Waals surface area contributed by atoms with Crippen LogP contribution in [0.25, 0.3) is 27.8 Å². The van der Waals surface area contributed by atoms with Gasteiger partial charge in [-0.05, 0) is 36.2 Å². The van der Waals surface area contributed by atoms with E-state index in [0.717, 1.165) is 11.9 Å². The minimum Gasteiger partial charge on any atom is -0.480 e. The van der Waals surface area contributed by atoms with Gasteiger partial charge in [0.2, 0.25) is 11.8 Å². The van der Waals surface area contributed by atoms with Crippen LogP contribution in [0.1, 0.15) is 0 Å². The minimum atomic E-state index is -0.807. The summed E-state index contributed by atoms with van der Waals surface area (Å²) in [6.45, 7) is 0. The molecule has 5 aromatic rings. The molecular weight excluding hydrogens is 486 g/mol. The van der Waals surface area contributed by atoms with Crippen LogP contribution < -0.4 is 14.8 Å². The zero-order valence-corrected chi connectivity index (χ0v) is 19.2. The van der Waals surface area contributed by atoms with Gasteiger partial charge in [-0.15, -0.1) is 10.2 Å². The molecule has 0 radical (unpaired) electrons. The lowest BCUT2D eigenvalue weighted by atomic mass is 10.0. The lowest BCUT2D eigenvalue weighted by molar-refractivity contribution is 0.387. The van der Waals surface area contributed by atoms with Gasteiger partial charge in [-0.3, -0.25) is 4.40 Å². The monoisotopic (exact) mass is 500 g/mol. The highest BCUT2D eigenvalue weighted by molar-refractivity contribution is 8.00. The van der Waals surface area contributed by atoms with Gasteiger partial charge in [0, 0.05) is 30.4 Å². The van der Waals surface area contributed by atoms with E-state index in [1.807, 2.05) is 0 Å². The molecule has 0 spiro atoms. The molecule has 2 N–H and O–H groups in total. The number of aromatic nitrogens is 6. The van der Waals surface area contributed by atoms with E-state index >= 15 is 4.39 Å². The van der Waals surface area contributed by atoms with E-state index in [4.69, 9.17) is 16.3 Å². The molecule has 1 aromatic carbocycles. The van der Waals surface area contributed by atoms with Crippen molar-refractivity contribution >= 4 is 51.9 Å². The van der Waals surface area contributed by atoms with Crippen LogP contribution in [0.5, 0.6) is 5.88 Å². The summed E-state index contributed by atoms with van der Waals surface area (Å²) in [5.41, 5.74) is 0.727. The summed E-state index contributed by atoms with van der Waals surface area (Å²) < 4.78 is 40.3. The Balaban J connectivity index is 1.61. The summed E-state index contributed by atoms with van der Waals surface area (Å²) in [6, 6.07) is 5.68. The first-order valence-electron chi connectivity index (χ1n) is 9.78. The van der Waals surface area contributed by atoms with Crippen LogP contribution in [-0.4, -0.2) is 43.7 Å². The number of fused-ring (bicyclic) bond motifs is 3. The van der Waals surface area contributed by atoms with Crippen molar-refractivity contribution < 1.29 is 13.5 Å². The van der Waals surface area contributed by atoms with Crippen molar-refractivity contribution in [2.24, 2.45) is 0 Å². The molecule has 0 aliphatic heterocycles. The first-order chi connectivity index (χ1) is 16.5. The first kappa shape index (κ1) is 22.0. The molecule has 0 fully saturated rings. The second-order valence-electron chi connectivity index (χ2n) is 6.95. The number of anilines is 2. The third-order valence-corrected chi connectivity index (χ3v) is 5.99. The highest BCUT2D eigenvalue weighted by Gasteiger charge is 2.21. The van der Waals surface area contributed by atoms with Crippen molar-refractivity contribution in [1.29, 1.82) is 0 Å². The minimum absolute atomic E-state index is 0.0444. The highest BCUT2D eigenvalue weighted by Crippen LogP contribution is 2.37. The Morgan fingerprint density at radius 3 is 2.76 bits per heavy atom. The zero-order valence-electron chi connectivity index (χ0n) is 17.7. The normalized spacial score (nSPS) is 11.2. The topological polar surface area (TPSA) is 102 Å². The van der Waals surface area contributed by atoms with E-state index in [-0.39, 0.29) is 22.5 Å². The molecule has 5 rings (SSSR count). The van der Waals surface area contributed by atoms with Gasteiger partial charge in [0.1, 0.15) is 12.1 Å². The van der Waals surface area contributed by atoms with E-state index < -0.39 is 11.6 Å². The molecule has 34 heavy (non-hydrogen) atoms. The number of benzene rings is 1. The van der Waals surface area contributed by atoms with Gasteiger partial charge in [-0.2, -0.15) is 4.98 Å². The summed E-state index contributed by atoms with van der Waals surface area (Å²) in [6.07, 6.45) is 4.43. The van der Waals surface area contributed by atoms with Crippen molar-refractivity contribution in [1.82, 2.24) is 29.5 Å². The van der Waals surface area contributed by atoms with Gasteiger partial charge in [0.15, 0.2) is 17.1 Å². The Hall–Kier alpha value is -3.77. The number of rotatable bonds is 6. The fourth-order valence-corrected chi connectivity index (χ4v) is 4.41. The Morgan fingerprint density at radius 2 is 1.97 bits per heavy atom. The van der Waals surface area contributed by atoms with Crippen LogP contribution in [0.4, 0.5) is 20.4 Å². The van der Waals surface area contributed by atoms with Crippen LogP contribution >= 0.6 is 23.5 Å². The molecule has 0 aliphatic carbocycles. The summed E-state index contributed by atoms with van der Waals surface area (Å²) in [4.78, 5) is 13.2. The van der Waals surface area contributed by atoms with Crippen LogP contribution in [0.2, 0.25) is 5.02 Å². The van der Waals surface area contributed by atoms with E-state index in [1.54, 1.807) is 29.8 Å². The summed E-state index contributed by atoms with van der Waals surface area (Å²) >= 11 is 7.04. The van der Waals surface area contributed by atoms with E-state index in [1.165, 1.54) is 31.8 Å². The third kappa shape index (κ3) is 3.80. The highest BCUT2D eigenvalue weighted by atomic mass is 35.5. The zero-order chi connectivity index (χ0) is 23.8. The molecule has 0 aliphatic rings. The van der Waals surface area contributed by atoms with Crippen LogP contribution in [0.15, 0.2) is 47.9 Å². The molecule has 0 unspecified atom stereocenters. The first-order valence-corrected chi connectivity index (χ1v) is 11.0. The standard InChI is InChI=1S/C21H15ClF2N8OS/c1-25-21-27-7-10-5-12(19-30-28-9-32(19)18(10)29-21)16-13(23)3-4-14(17(16)24)31-34-15-6-11(22)8-26-20(15)33-2/h3-9,31H,1-2H3,(H,25,27,29). The lowest BCUT2D eigenvalue weighted by Gasteiger charge is -2.14. The number of methoxy groups -OCH3 is 1. The maximum Gasteiger partial charge on any atom is 0.228 e. The van der Waals surface area contributed by atoms with Crippen molar-refractivity contribution in [3.05, 3.63) is 59.6 Å². The molecule has 0 bridgehead atoms. The second-order valence-corrected chi connectivity index (χ2v) is 8.24. The molecule has 13 heteroatoms. The Labute approximate surface area is 200 Å². The van der Waals surface area contributed by atoms with Crippen molar-refractivity contribution in [2.45, 2.75) is 4.90 Å². The van der Waals surface area contributed by atoms with E-state index in [0.29, 0.717) is 32.8 Å². The van der Waals surface area contributed by atoms with E-state index in [2.05, 4.69) is 35.2 Å². The van der Waals surface area contributed by atoms with Gasteiger partial charge >= 0.3 is 0 Å². The summed E-state index contributed by atoms with van der Waals surface area (Å²) in [5, 5.41) is 11.8. The molecular formula is C21H15ClF2N8OS. The van der Waals surface area contributed by atoms with Crippen LogP contribution in [-0.2, 0) is 0 Å². The van der Waals surface area contributed by atoms with Gasteiger partial charge in [-0.1, -0.05) is 11.6 Å². The fourth-order valence-electron chi connectivity index (χ4n) is 3.40. The quantitative estimate of drug-likeness (QED) is 0.317. The molecule has 4 aromatic heterocycles. The second kappa shape index (κ2) is 8.88. The molecule has 9 nitrogen and oxygen atoms in total. The number of nitrogens with zero attached hydrogens (tertiary/aromatic N) is 6. The van der Waals surface area contributed by atoms with Gasteiger partial charge in [0.25, 0.3) is 0 Å². The van der Waals surface area contributed by atoms with Crippen molar-refractivity contribution in [3.8, 4) is 17.0 Å². The lowest BCUT2D eigenvalue weighted by Crippen LogP contribution is -2.02. The number of hydrogen-bond donors (Lipinski definition) is 2. The summed E-state index contributed by atoms with van der Waals surface area (Å²) in [5.74, 6) is -0.863. The molecule has 0 amide bonds. The predicted octanol–water partition coefficient (Wildman–Crippen LogP) is 4.84. The largest absolute Gasteiger partial charge is 0.480 e. The van der Waals surface area contributed by atoms with Crippen molar-refractivity contribution in [3.63, 3.8) is 0 Å². The van der Waals surface area contributed by atoms with Gasteiger partial charge in [-0.25, -0.2) is 18.7 Å². The van der Waals surface area contributed by atoms with E-state index in [9.17, 15) is 4.39 Å². The molecule has 0 saturated carbocycles. The average Bonchev–Trinajstić information content (AvgIpc) is 3.34. The smallest absolute Gasteiger partial charge is 0.228 e. The van der Waals surface area contributed by atoms with Gasteiger partial charge in [0.05, 0.1) is 28.3 Å². The SMILES string of the molecule is CNc1ncc2cc(-c3c(F)ccc(NSc4cc(Cl)cnc4OC)c3F)c3nncn3c2n1. The Kier molecular flexibility index (Phi) is 5.75. The fraction of sp³-hybridized carbons (Fsp3) is 0.0952. The predicted molar refractivity (Wildman–Crippen MR) is 126 cm³/mol. The number of hydrogen-bond acceptors (Lipinski definition) is 9. The molecule has 172 valence electrons. The van der Waals surface area contributed by atoms with Crippen LogP contribution in [0.3, 0.4) is 0 Å². The molecule has 0 atom stereocenters. The maximum atomic E-state index is 15.6. The maximum absolute atomic E-state index is 15.6. The van der Waals surface area contributed by atoms with Crippen molar-refractivity contribution in [2.75, 3.05) is 24.2 Å². The Morgan fingerprint density at radius 1 is 1.12 bits per heavy atom. The van der Waals surface area contributed by atoms with Crippen LogP contribution in [0, 0.1) is 11.6 Å². The number of halogens is 3. The number of nitrogens with one attached hydrogen (secondary N) is 2.